The van der Waals surface area contributed by atoms with E-state index < -0.39 is 0 Å². The van der Waals surface area contributed by atoms with Crippen molar-refractivity contribution in [3.8, 4) is 0 Å². The predicted octanol–water partition coefficient (Wildman–Crippen LogP) is 2.81. The third kappa shape index (κ3) is 5.27. The molecule has 1 aromatic carbocycles. The van der Waals surface area contributed by atoms with E-state index in [0.717, 1.165) is 31.2 Å². The first-order chi connectivity index (χ1) is 15.5. The molecular weight excluding hydrogens is 433 g/mol. The molecule has 0 bridgehead atoms. The number of carbonyl (C=O) groups is 1. The molecule has 1 saturated heterocycles. The van der Waals surface area contributed by atoms with Crippen LogP contribution in [0.4, 0.5) is 10.3 Å². The van der Waals surface area contributed by atoms with Crippen LogP contribution in [0.5, 0.6) is 0 Å². The van der Waals surface area contributed by atoms with Crippen molar-refractivity contribution in [1.29, 1.82) is 0 Å². The Morgan fingerprint density at radius 2 is 2.03 bits per heavy atom. The molecule has 1 amide bonds. The molecule has 1 aliphatic heterocycles. The third-order valence-electron chi connectivity index (χ3n) is 5.65. The van der Waals surface area contributed by atoms with Gasteiger partial charge in [-0.15, -0.1) is 10.2 Å². The van der Waals surface area contributed by atoms with Crippen molar-refractivity contribution in [3.05, 3.63) is 58.9 Å². The van der Waals surface area contributed by atoms with Crippen molar-refractivity contribution in [2.45, 2.75) is 39.3 Å². The van der Waals surface area contributed by atoms with Crippen molar-refractivity contribution >= 4 is 23.5 Å². The van der Waals surface area contributed by atoms with Crippen LogP contribution in [-0.4, -0.2) is 61.5 Å². The number of hydrogen-bond acceptors (Lipinski definition) is 5. The van der Waals surface area contributed by atoms with E-state index in [-0.39, 0.29) is 18.1 Å². The van der Waals surface area contributed by atoms with Gasteiger partial charge in [0, 0.05) is 45.3 Å². The molecule has 2 aromatic heterocycles. The lowest BCUT2D eigenvalue weighted by atomic mass is 10.1. The van der Waals surface area contributed by atoms with Crippen LogP contribution in [0.1, 0.15) is 24.7 Å². The zero-order chi connectivity index (χ0) is 22.5. The summed E-state index contributed by atoms with van der Waals surface area (Å²) in [5.74, 6) is 1.44. The molecule has 3 aromatic rings. The number of anilines is 1. The highest BCUT2D eigenvalue weighted by molar-refractivity contribution is 6.30. The van der Waals surface area contributed by atoms with Gasteiger partial charge in [-0.1, -0.05) is 30.7 Å². The molecular formula is C22H27ClFN7O. The van der Waals surface area contributed by atoms with E-state index in [1.54, 1.807) is 29.2 Å². The summed E-state index contributed by atoms with van der Waals surface area (Å²) in [7, 11) is 0. The minimum Gasteiger partial charge on any atom is -0.341 e. The lowest BCUT2D eigenvalue weighted by molar-refractivity contribution is -0.130. The van der Waals surface area contributed by atoms with E-state index in [1.807, 2.05) is 4.90 Å². The second kappa shape index (κ2) is 10.1. The van der Waals surface area contributed by atoms with Gasteiger partial charge in [0.2, 0.25) is 11.9 Å². The van der Waals surface area contributed by atoms with Gasteiger partial charge in [0.15, 0.2) is 0 Å². The minimum absolute atomic E-state index is 0.0173. The second-order valence-electron chi connectivity index (χ2n) is 7.87. The van der Waals surface area contributed by atoms with Gasteiger partial charge in [0.05, 0.1) is 24.2 Å². The highest BCUT2D eigenvalue weighted by Gasteiger charge is 2.23. The number of amides is 1. The number of nitrogens with zero attached hydrogens (tertiary/aromatic N) is 7. The van der Waals surface area contributed by atoms with Crippen LogP contribution in [0.25, 0.3) is 0 Å². The van der Waals surface area contributed by atoms with Crippen molar-refractivity contribution in [2.24, 2.45) is 0 Å². The van der Waals surface area contributed by atoms with Crippen LogP contribution in [0.2, 0.25) is 5.02 Å². The van der Waals surface area contributed by atoms with Crippen LogP contribution in [0.3, 0.4) is 0 Å². The summed E-state index contributed by atoms with van der Waals surface area (Å²) in [6.45, 7) is 6.13. The smallest absolute Gasteiger partial charge is 0.227 e. The van der Waals surface area contributed by atoms with Gasteiger partial charge in [-0.05, 0) is 24.1 Å². The summed E-state index contributed by atoms with van der Waals surface area (Å²) in [4.78, 5) is 16.8. The monoisotopic (exact) mass is 459 g/mol. The summed E-state index contributed by atoms with van der Waals surface area (Å²) in [5, 5.41) is 13.7. The van der Waals surface area contributed by atoms with E-state index in [0.29, 0.717) is 43.3 Å². The summed E-state index contributed by atoms with van der Waals surface area (Å²) < 4.78 is 17.4. The average Bonchev–Trinajstić information content (AvgIpc) is 3.29. The molecule has 0 saturated carbocycles. The van der Waals surface area contributed by atoms with Crippen molar-refractivity contribution in [1.82, 2.24) is 29.4 Å². The van der Waals surface area contributed by atoms with Gasteiger partial charge in [-0.3, -0.25) is 14.0 Å². The zero-order valence-electron chi connectivity index (χ0n) is 18.1. The highest BCUT2D eigenvalue weighted by Crippen LogP contribution is 2.18. The number of rotatable bonds is 7. The molecule has 1 aliphatic rings. The maximum Gasteiger partial charge on any atom is 0.227 e. The quantitative estimate of drug-likeness (QED) is 0.543. The van der Waals surface area contributed by atoms with E-state index in [9.17, 15) is 9.18 Å². The Labute approximate surface area is 191 Å². The number of benzene rings is 1. The standard InChI is InChI=1S/C22H27ClFN7O/c1-2-20-26-27-22(31(20)12-11-30-16-18(23)15-25-30)29-8-4-7-28(9-10-29)21(32)14-17-5-3-6-19(24)13-17/h3,5-6,13,15-16H,2,4,7-12,14H2,1H3. The summed E-state index contributed by atoms with van der Waals surface area (Å²) in [5.41, 5.74) is 0.696. The molecule has 1 fully saturated rings. The van der Waals surface area contributed by atoms with E-state index in [4.69, 9.17) is 11.6 Å². The maximum absolute atomic E-state index is 13.4. The minimum atomic E-state index is -0.319. The normalized spacial score (nSPS) is 14.6. The number of aryl methyl sites for hydroxylation is 2. The van der Waals surface area contributed by atoms with Gasteiger partial charge in [-0.25, -0.2) is 4.39 Å². The molecule has 8 nitrogen and oxygen atoms in total. The van der Waals surface area contributed by atoms with Gasteiger partial charge < -0.3 is 9.80 Å². The predicted molar refractivity (Wildman–Crippen MR) is 120 cm³/mol. The number of hydrogen-bond donors (Lipinski definition) is 0. The maximum atomic E-state index is 13.4. The molecule has 10 heteroatoms. The Morgan fingerprint density at radius 3 is 2.78 bits per heavy atom. The summed E-state index contributed by atoms with van der Waals surface area (Å²) in [6.07, 6.45) is 5.24. The van der Waals surface area contributed by atoms with Gasteiger partial charge in [0.1, 0.15) is 11.6 Å². The SMILES string of the molecule is CCc1nnc(N2CCCN(C(=O)Cc3cccc(F)c3)CC2)n1CCn1cc(Cl)cn1. The zero-order valence-corrected chi connectivity index (χ0v) is 18.9. The van der Waals surface area contributed by atoms with Crippen LogP contribution >= 0.6 is 11.6 Å². The average molecular weight is 460 g/mol. The number of carbonyl (C=O) groups excluding carboxylic acids is 1. The fourth-order valence-electron chi connectivity index (χ4n) is 4.01. The molecule has 0 unspecified atom stereocenters. The first-order valence-electron chi connectivity index (χ1n) is 10.9. The van der Waals surface area contributed by atoms with Gasteiger partial charge in [0.25, 0.3) is 0 Å². The third-order valence-corrected chi connectivity index (χ3v) is 5.85. The second-order valence-corrected chi connectivity index (χ2v) is 8.31. The summed E-state index contributed by atoms with van der Waals surface area (Å²) in [6, 6.07) is 6.23. The molecule has 0 spiro atoms. The first-order valence-corrected chi connectivity index (χ1v) is 11.3. The Bertz CT molecular complexity index is 1070. The van der Waals surface area contributed by atoms with E-state index in [2.05, 4.69) is 31.7 Å². The molecule has 170 valence electrons. The molecule has 3 heterocycles. The van der Waals surface area contributed by atoms with Crippen LogP contribution in [0.15, 0.2) is 36.7 Å². The summed E-state index contributed by atoms with van der Waals surface area (Å²) >= 11 is 5.97. The Hall–Kier alpha value is -2.94. The van der Waals surface area contributed by atoms with E-state index in [1.165, 1.54) is 12.1 Å². The van der Waals surface area contributed by atoms with Crippen LogP contribution in [0, 0.1) is 5.82 Å². The van der Waals surface area contributed by atoms with Crippen LogP contribution in [-0.2, 0) is 30.7 Å². The topological polar surface area (TPSA) is 72.1 Å². The fraction of sp³-hybridized carbons (Fsp3) is 0.455. The molecule has 0 N–H and O–H groups in total. The van der Waals surface area contributed by atoms with Crippen molar-refractivity contribution in [3.63, 3.8) is 0 Å². The molecule has 32 heavy (non-hydrogen) atoms. The van der Waals surface area contributed by atoms with Crippen LogP contribution < -0.4 is 4.90 Å². The first kappa shape index (κ1) is 22.3. The van der Waals surface area contributed by atoms with Crippen molar-refractivity contribution < 1.29 is 9.18 Å². The van der Waals surface area contributed by atoms with E-state index >= 15 is 0 Å². The lowest BCUT2D eigenvalue weighted by Crippen LogP contribution is -2.36. The molecule has 0 atom stereocenters. The number of aromatic nitrogens is 5. The van der Waals surface area contributed by atoms with Crippen molar-refractivity contribution in [2.75, 3.05) is 31.1 Å². The molecule has 0 radical (unpaired) electrons. The lowest BCUT2D eigenvalue weighted by Gasteiger charge is -2.23. The molecule has 0 aliphatic carbocycles. The molecule has 4 rings (SSSR count). The highest BCUT2D eigenvalue weighted by atomic mass is 35.5. The Morgan fingerprint density at radius 1 is 1.16 bits per heavy atom. The largest absolute Gasteiger partial charge is 0.341 e. The fourth-order valence-corrected chi connectivity index (χ4v) is 4.17. The Kier molecular flexibility index (Phi) is 7.04. The number of halogens is 2. The van der Waals surface area contributed by atoms with Gasteiger partial charge >= 0.3 is 0 Å². The Balaban J connectivity index is 1.41. The van der Waals surface area contributed by atoms with Gasteiger partial charge in [-0.2, -0.15) is 5.10 Å².